The molecule has 6 nitrogen and oxygen atoms in total. The number of hydrogen-bond donors (Lipinski definition) is 1. The van der Waals surface area contributed by atoms with Crippen LogP contribution >= 0.6 is 12.2 Å². The van der Waals surface area contributed by atoms with E-state index in [4.69, 9.17) is 12.2 Å². The lowest BCUT2D eigenvalue weighted by molar-refractivity contribution is 0.653. The van der Waals surface area contributed by atoms with Crippen LogP contribution in [0.3, 0.4) is 0 Å². The maximum atomic E-state index is 4.97. The second-order valence-corrected chi connectivity index (χ2v) is 3.66. The molecule has 2 aromatic rings. The van der Waals surface area contributed by atoms with Gasteiger partial charge in [-0.15, -0.1) is 0 Å². The molecule has 2 rings (SSSR count). The average molecular weight is 236 g/mol. The summed E-state index contributed by atoms with van der Waals surface area (Å²) in [7, 11) is 0. The normalized spacial score (nSPS) is 11.4. The number of hydrogen-bond acceptors (Lipinski definition) is 4. The van der Waals surface area contributed by atoms with E-state index in [9.17, 15) is 0 Å². The van der Waals surface area contributed by atoms with Crippen LogP contribution in [0.4, 0.5) is 0 Å². The molecule has 0 unspecified atom stereocenters. The van der Waals surface area contributed by atoms with Crippen molar-refractivity contribution in [3.8, 4) is 0 Å². The summed E-state index contributed by atoms with van der Waals surface area (Å²) in [6.07, 6.45) is 5.20. The zero-order valence-corrected chi connectivity index (χ0v) is 9.90. The van der Waals surface area contributed by atoms with Crippen LogP contribution in [0, 0.1) is 11.7 Å². The molecule has 0 saturated carbocycles. The Balaban J connectivity index is 2.27. The van der Waals surface area contributed by atoms with Crippen molar-refractivity contribution in [3.05, 3.63) is 28.6 Å². The highest BCUT2D eigenvalue weighted by Crippen LogP contribution is 2.02. The van der Waals surface area contributed by atoms with Crippen molar-refractivity contribution >= 4 is 18.4 Å². The van der Waals surface area contributed by atoms with E-state index in [1.165, 1.54) is 11.0 Å². The minimum Gasteiger partial charge on any atom is -0.272 e. The third kappa shape index (κ3) is 2.08. The molecule has 2 aromatic heterocycles. The van der Waals surface area contributed by atoms with Gasteiger partial charge in [-0.2, -0.15) is 20.0 Å². The Kier molecular flexibility index (Phi) is 2.95. The predicted molar refractivity (Wildman–Crippen MR) is 63.0 cm³/mol. The maximum absolute atomic E-state index is 4.97. The smallest absolute Gasteiger partial charge is 0.216 e. The predicted octanol–water partition coefficient (Wildman–Crippen LogP) is 1.35. The second kappa shape index (κ2) is 4.40. The zero-order chi connectivity index (χ0) is 11.5. The van der Waals surface area contributed by atoms with Gasteiger partial charge in [0.05, 0.1) is 11.9 Å². The average Bonchev–Trinajstić information content (AvgIpc) is 2.82. The SMILES string of the molecule is CCn1cc(/C=N\n2cn[nH]c2=S)c(C)n1. The Morgan fingerprint density at radius 1 is 1.62 bits per heavy atom. The minimum atomic E-state index is 0.469. The Morgan fingerprint density at radius 2 is 2.44 bits per heavy atom. The number of rotatable bonds is 3. The van der Waals surface area contributed by atoms with Crippen LogP contribution in [0.25, 0.3) is 0 Å². The van der Waals surface area contributed by atoms with Crippen LogP contribution in [-0.2, 0) is 6.54 Å². The van der Waals surface area contributed by atoms with E-state index < -0.39 is 0 Å². The lowest BCUT2D eigenvalue weighted by Gasteiger charge is -1.89. The van der Waals surface area contributed by atoms with Gasteiger partial charge in [0.25, 0.3) is 0 Å². The van der Waals surface area contributed by atoms with Crippen LogP contribution < -0.4 is 0 Å². The topological polar surface area (TPSA) is 63.8 Å². The van der Waals surface area contributed by atoms with Crippen LogP contribution in [0.15, 0.2) is 17.6 Å². The summed E-state index contributed by atoms with van der Waals surface area (Å²) in [6.45, 7) is 4.83. The number of aromatic nitrogens is 5. The van der Waals surface area contributed by atoms with E-state index in [-0.39, 0.29) is 0 Å². The first-order valence-corrected chi connectivity index (χ1v) is 5.32. The fourth-order valence-electron chi connectivity index (χ4n) is 1.27. The summed E-state index contributed by atoms with van der Waals surface area (Å²) in [5.41, 5.74) is 1.92. The lowest BCUT2D eigenvalue weighted by Crippen LogP contribution is -1.93. The van der Waals surface area contributed by atoms with Crippen LogP contribution in [0.1, 0.15) is 18.2 Å². The van der Waals surface area contributed by atoms with Crippen molar-refractivity contribution in [3.63, 3.8) is 0 Å². The molecule has 0 aromatic carbocycles. The summed E-state index contributed by atoms with van der Waals surface area (Å²) < 4.78 is 3.83. The molecule has 7 heteroatoms. The van der Waals surface area contributed by atoms with Crippen LogP contribution in [0.2, 0.25) is 0 Å². The summed E-state index contributed by atoms with van der Waals surface area (Å²) in [5, 5.41) is 14.9. The minimum absolute atomic E-state index is 0.469. The number of nitrogens with zero attached hydrogens (tertiary/aromatic N) is 5. The van der Waals surface area contributed by atoms with Crippen LogP contribution in [-0.4, -0.2) is 30.9 Å². The molecule has 0 aliphatic rings. The molecule has 84 valence electrons. The van der Waals surface area contributed by atoms with E-state index in [0.29, 0.717) is 4.77 Å². The van der Waals surface area contributed by atoms with Gasteiger partial charge < -0.3 is 0 Å². The van der Waals surface area contributed by atoms with Gasteiger partial charge in [-0.05, 0) is 26.1 Å². The largest absolute Gasteiger partial charge is 0.272 e. The molecule has 0 bridgehead atoms. The molecule has 0 saturated heterocycles. The van der Waals surface area contributed by atoms with Gasteiger partial charge >= 0.3 is 0 Å². The fourth-order valence-corrected chi connectivity index (χ4v) is 1.42. The molecule has 0 fully saturated rings. The first-order chi connectivity index (χ1) is 7.70. The third-order valence-electron chi connectivity index (χ3n) is 2.16. The summed E-state index contributed by atoms with van der Waals surface area (Å²) in [4.78, 5) is 0. The van der Waals surface area contributed by atoms with Gasteiger partial charge in [0.15, 0.2) is 0 Å². The highest BCUT2D eigenvalue weighted by molar-refractivity contribution is 7.71. The highest BCUT2D eigenvalue weighted by atomic mass is 32.1. The number of H-pyrrole nitrogens is 1. The van der Waals surface area contributed by atoms with Crippen molar-refractivity contribution < 1.29 is 0 Å². The van der Waals surface area contributed by atoms with Crippen molar-refractivity contribution in [2.75, 3.05) is 0 Å². The maximum Gasteiger partial charge on any atom is 0.216 e. The monoisotopic (exact) mass is 236 g/mol. The molecule has 0 spiro atoms. The quantitative estimate of drug-likeness (QED) is 0.646. The number of aryl methyl sites for hydroxylation is 2. The standard InChI is InChI=1S/C9H12N6S/c1-3-14-5-8(7(2)13-14)4-11-15-6-10-12-9(15)16/h4-6H,3H2,1-2H3,(H,12,16)/b11-4-. The molecule has 16 heavy (non-hydrogen) atoms. The molecular weight excluding hydrogens is 224 g/mol. The summed E-state index contributed by atoms with van der Waals surface area (Å²) in [5.74, 6) is 0. The molecule has 2 heterocycles. The first kappa shape index (κ1) is 10.7. The lowest BCUT2D eigenvalue weighted by atomic mass is 10.3. The van der Waals surface area contributed by atoms with Gasteiger partial charge in [0, 0.05) is 18.3 Å². The Bertz CT molecular complexity index is 561. The Labute approximate surface area is 97.6 Å². The number of aromatic amines is 1. The molecule has 0 amide bonds. The van der Waals surface area contributed by atoms with Gasteiger partial charge in [-0.1, -0.05) is 0 Å². The van der Waals surface area contributed by atoms with Gasteiger partial charge in [0.2, 0.25) is 4.77 Å². The second-order valence-electron chi connectivity index (χ2n) is 3.28. The molecule has 0 atom stereocenters. The van der Waals surface area contributed by atoms with Gasteiger partial charge in [-0.3, -0.25) is 9.78 Å². The third-order valence-corrected chi connectivity index (χ3v) is 2.44. The van der Waals surface area contributed by atoms with Crippen molar-refractivity contribution in [1.82, 2.24) is 24.7 Å². The van der Waals surface area contributed by atoms with E-state index in [1.54, 1.807) is 6.21 Å². The van der Waals surface area contributed by atoms with Gasteiger partial charge in [-0.25, -0.2) is 0 Å². The van der Waals surface area contributed by atoms with E-state index in [1.807, 2.05) is 24.7 Å². The van der Waals surface area contributed by atoms with E-state index >= 15 is 0 Å². The van der Waals surface area contributed by atoms with Crippen molar-refractivity contribution in [2.45, 2.75) is 20.4 Å². The Hall–Kier alpha value is -1.76. The zero-order valence-electron chi connectivity index (χ0n) is 9.08. The summed E-state index contributed by atoms with van der Waals surface area (Å²) in [6, 6.07) is 0. The van der Waals surface area contributed by atoms with Crippen molar-refractivity contribution in [2.24, 2.45) is 5.10 Å². The van der Waals surface area contributed by atoms with Crippen molar-refractivity contribution in [1.29, 1.82) is 0 Å². The highest BCUT2D eigenvalue weighted by Gasteiger charge is 2.00. The molecule has 1 N–H and O–H groups in total. The van der Waals surface area contributed by atoms with E-state index in [2.05, 4.69) is 20.4 Å². The first-order valence-electron chi connectivity index (χ1n) is 4.91. The van der Waals surface area contributed by atoms with Crippen LogP contribution in [0.5, 0.6) is 0 Å². The fraction of sp³-hybridized carbons (Fsp3) is 0.333. The Morgan fingerprint density at radius 3 is 3.00 bits per heavy atom. The molecule has 0 aliphatic carbocycles. The molecule has 0 radical (unpaired) electrons. The summed E-state index contributed by atoms with van der Waals surface area (Å²) >= 11 is 4.97. The molecular formula is C9H12N6S. The van der Waals surface area contributed by atoms with Gasteiger partial charge in [0.1, 0.15) is 6.33 Å². The van der Waals surface area contributed by atoms with E-state index in [0.717, 1.165) is 17.8 Å². The molecule has 0 aliphatic heterocycles. The number of nitrogens with one attached hydrogen (secondary N) is 1.